The molecule has 0 radical (unpaired) electrons. The van der Waals surface area contributed by atoms with Crippen LogP contribution in [0.4, 0.5) is 11.6 Å². The van der Waals surface area contributed by atoms with Gasteiger partial charge in [0.1, 0.15) is 18.0 Å². The van der Waals surface area contributed by atoms with Crippen molar-refractivity contribution in [2.45, 2.75) is 19.5 Å². The summed E-state index contributed by atoms with van der Waals surface area (Å²) in [6.45, 7) is 1.11. The quantitative estimate of drug-likeness (QED) is 0.515. The zero-order chi connectivity index (χ0) is 21.0. The van der Waals surface area contributed by atoms with E-state index in [4.69, 9.17) is 0 Å². The molecule has 0 aliphatic carbocycles. The number of carbonyl (C=O) groups excluding carboxylic acids is 1. The number of aromatic nitrogens is 2. The molecule has 5 rings (SSSR count). The van der Waals surface area contributed by atoms with E-state index in [2.05, 4.69) is 27.4 Å². The standard InChI is InChI=1S/C26H22N4O/c31-26-22-14-8-7-13-21(22)15-23-24(27-16-19-9-3-1-4-10-19)28-18-29-25(23)30(26)17-20-11-5-2-6-12-20/h1-14,18H,15-17H2,(H,27,28,29). The molecule has 0 fully saturated rings. The summed E-state index contributed by atoms with van der Waals surface area (Å²) in [5.74, 6) is 1.39. The number of fused-ring (bicyclic) bond motifs is 2. The number of benzene rings is 3. The van der Waals surface area contributed by atoms with Gasteiger partial charge in [-0.05, 0) is 22.8 Å². The largest absolute Gasteiger partial charge is 0.366 e. The number of hydrogen-bond acceptors (Lipinski definition) is 4. The minimum Gasteiger partial charge on any atom is -0.366 e. The van der Waals surface area contributed by atoms with Gasteiger partial charge in [-0.2, -0.15) is 0 Å². The Kier molecular flexibility index (Phi) is 5.15. The molecular weight excluding hydrogens is 384 g/mol. The van der Waals surface area contributed by atoms with Gasteiger partial charge in [0, 0.05) is 24.1 Å². The molecule has 1 aliphatic heterocycles. The summed E-state index contributed by atoms with van der Waals surface area (Å²) in [5, 5.41) is 3.46. The number of carbonyl (C=O) groups is 1. The van der Waals surface area contributed by atoms with E-state index in [1.54, 1.807) is 4.90 Å². The smallest absolute Gasteiger partial charge is 0.260 e. The van der Waals surface area contributed by atoms with E-state index in [-0.39, 0.29) is 5.91 Å². The average Bonchev–Trinajstić information content (AvgIpc) is 2.94. The summed E-state index contributed by atoms with van der Waals surface area (Å²) >= 11 is 0. The number of nitrogens with zero attached hydrogens (tertiary/aromatic N) is 3. The van der Waals surface area contributed by atoms with Gasteiger partial charge in [0.2, 0.25) is 0 Å². The van der Waals surface area contributed by atoms with Crippen LogP contribution in [0.25, 0.3) is 0 Å². The molecule has 0 unspecified atom stereocenters. The normalized spacial score (nSPS) is 12.6. The number of rotatable bonds is 5. The van der Waals surface area contributed by atoms with Crippen molar-refractivity contribution in [1.82, 2.24) is 9.97 Å². The molecule has 2 heterocycles. The van der Waals surface area contributed by atoms with Crippen LogP contribution in [-0.2, 0) is 19.5 Å². The minimum atomic E-state index is -0.0362. The summed E-state index contributed by atoms with van der Waals surface area (Å²) in [4.78, 5) is 24.4. The minimum absolute atomic E-state index is 0.0362. The third kappa shape index (κ3) is 3.90. The highest BCUT2D eigenvalue weighted by Gasteiger charge is 2.29. The van der Waals surface area contributed by atoms with Crippen LogP contribution in [0.5, 0.6) is 0 Å². The zero-order valence-electron chi connectivity index (χ0n) is 17.0. The van der Waals surface area contributed by atoms with E-state index in [1.165, 1.54) is 11.9 Å². The Morgan fingerprint density at radius 2 is 1.48 bits per heavy atom. The van der Waals surface area contributed by atoms with Crippen LogP contribution in [0.1, 0.15) is 32.6 Å². The van der Waals surface area contributed by atoms with Gasteiger partial charge in [0.15, 0.2) is 0 Å². The fraction of sp³-hybridized carbons (Fsp3) is 0.115. The van der Waals surface area contributed by atoms with Gasteiger partial charge < -0.3 is 5.32 Å². The Morgan fingerprint density at radius 1 is 0.806 bits per heavy atom. The highest BCUT2D eigenvalue weighted by molar-refractivity contribution is 6.08. The maximum absolute atomic E-state index is 13.5. The summed E-state index contributed by atoms with van der Waals surface area (Å²) in [7, 11) is 0. The molecule has 1 amide bonds. The molecule has 4 aromatic rings. The van der Waals surface area contributed by atoms with E-state index in [1.807, 2.05) is 72.8 Å². The zero-order valence-corrected chi connectivity index (χ0v) is 17.0. The molecule has 1 aliphatic rings. The fourth-order valence-electron chi connectivity index (χ4n) is 3.96. The maximum atomic E-state index is 13.5. The molecule has 5 heteroatoms. The maximum Gasteiger partial charge on any atom is 0.260 e. The van der Waals surface area contributed by atoms with Crippen molar-refractivity contribution in [2.75, 3.05) is 10.2 Å². The summed E-state index contributed by atoms with van der Waals surface area (Å²) in [5.41, 5.74) is 4.86. The van der Waals surface area contributed by atoms with Crippen LogP contribution in [0.3, 0.4) is 0 Å². The number of anilines is 2. The van der Waals surface area contributed by atoms with Gasteiger partial charge >= 0.3 is 0 Å². The van der Waals surface area contributed by atoms with Crippen molar-refractivity contribution >= 4 is 17.5 Å². The fourth-order valence-corrected chi connectivity index (χ4v) is 3.96. The first-order valence-electron chi connectivity index (χ1n) is 10.3. The second kappa shape index (κ2) is 8.40. The van der Waals surface area contributed by atoms with Crippen molar-refractivity contribution < 1.29 is 4.79 Å². The van der Waals surface area contributed by atoms with Crippen LogP contribution >= 0.6 is 0 Å². The van der Waals surface area contributed by atoms with Crippen molar-refractivity contribution in [3.05, 3.63) is 119 Å². The predicted molar refractivity (Wildman–Crippen MR) is 122 cm³/mol. The van der Waals surface area contributed by atoms with Gasteiger partial charge in [0.25, 0.3) is 5.91 Å². The van der Waals surface area contributed by atoms with Crippen LogP contribution < -0.4 is 10.2 Å². The third-order valence-corrected chi connectivity index (χ3v) is 5.52. The van der Waals surface area contributed by atoms with Crippen LogP contribution in [0.15, 0.2) is 91.3 Å². The van der Waals surface area contributed by atoms with E-state index >= 15 is 0 Å². The number of hydrogen-bond donors (Lipinski definition) is 1. The number of nitrogens with one attached hydrogen (secondary N) is 1. The molecule has 0 spiro atoms. The van der Waals surface area contributed by atoms with Gasteiger partial charge in [-0.1, -0.05) is 78.9 Å². The van der Waals surface area contributed by atoms with Gasteiger partial charge in [0.05, 0.1) is 6.54 Å². The van der Waals surface area contributed by atoms with E-state index in [0.29, 0.717) is 30.9 Å². The molecule has 152 valence electrons. The predicted octanol–water partition coefficient (Wildman–Crippen LogP) is 4.84. The van der Waals surface area contributed by atoms with Crippen molar-refractivity contribution in [3.63, 3.8) is 0 Å². The molecule has 1 aromatic heterocycles. The van der Waals surface area contributed by atoms with Gasteiger partial charge in [-0.25, -0.2) is 9.97 Å². The molecule has 5 nitrogen and oxygen atoms in total. The number of amides is 1. The third-order valence-electron chi connectivity index (χ3n) is 5.52. The van der Waals surface area contributed by atoms with Crippen molar-refractivity contribution in [2.24, 2.45) is 0 Å². The summed E-state index contributed by atoms with van der Waals surface area (Å²) < 4.78 is 0. The average molecular weight is 406 g/mol. The molecule has 1 N–H and O–H groups in total. The Hall–Kier alpha value is -3.99. The van der Waals surface area contributed by atoms with Crippen LogP contribution in [-0.4, -0.2) is 15.9 Å². The molecule has 31 heavy (non-hydrogen) atoms. The van der Waals surface area contributed by atoms with Crippen LogP contribution in [0, 0.1) is 0 Å². The molecule has 0 bridgehead atoms. The summed E-state index contributed by atoms with van der Waals surface area (Å²) in [6.07, 6.45) is 2.13. The van der Waals surface area contributed by atoms with Crippen molar-refractivity contribution in [3.8, 4) is 0 Å². The lowest BCUT2D eigenvalue weighted by Gasteiger charge is -2.23. The van der Waals surface area contributed by atoms with E-state index in [0.717, 1.165) is 22.5 Å². The van der Waals surface area contributed by atoms with Crippen molar-refractivity contribution in [1.29, 1.82) is 0 Å². The first kappa shape index (κ1) is 19.0. The molecule has 3 aromatic carbocycles. The highest BCUT2D eigenvalue weighted by atomic mass is 16.2. The monoisotopic (exact) mass is 406 g/mol. The first-order valence-corrected chi connectivity index (χ1v) is 10.3. The van der Waals surface area contributed by atoms with E-state index < -0.39 is 0 Å². The Balaban J connectivity index is 1.57. The lowest BCUT2D eigenvalue weighted by Crippen LogP contribution is -2.31. The molecule has 0 atom stereocenters. The topological polar surface area (TPSA) is 58.1 Å². The molecule has 0 saturated heterocycles. The van der Waals surface area contributed by atoms with Crippen LogP contribution in [0.2, 0.25) is 0 Å². The second-order valence-corrected chi connectivity index (χ2v) is 7.57. The van der Waals surface area contributed by atoms with Gasteiger partial charge in [-0.3, -0.25) is 9.69 Å². The second-order valence-electron chi connectivity index (χ2n) is 7.57. The summed E-state index contributed by atoms with van der Waals surface area (Å²) in [6, 6.07) is 28.0. The molecular formula is C26H22N4O. The van der Waals surface area contributed by atoms with E-state index in [9.17, 15) is 4.79 Å². The first-order chi connectivity index (χ1) is 15.3. The lowest BCUT2D eigenvalue weighted by atomic mass is 10.0. The molecule has 0 saturated carbocycles. The lowest BCUT2D eigenvalue weighted by molar-refractivity contribution is 0.0984. The highest BCUT2D eigenvalue weighted by Crippen LogP contribution is 2.33. The Labute approximate surface area is 181 Å². The Bertz CT molecular complexity index is 1210. The SMILES string of the molecule is O=C1c2ccccc2Cc2c(NCc3ccccc3)ncnc2N1Cc1ccccc1. The Morgan fingerprint density at radius 3 is 2.26 bits per heavy atom. The van der Waals surface area contributed by atoms with Gasteiger partial charge in [-0.15, -0.1) is 0 Å².